The lowest BCUT2D eigenvalue weighted by molar-refractivity contribution is -0.00351. The van der Waals surface area contributed by atoms with E-state index in [0.29, 0.717) is 46.4 Å². The second-order valence-corrected chi connectivity index (χ2v) is 11.6. The van der Waals surface area contributed by atoms with Crippen molar-refractivity contribution in [2.75, 3.05) is 39.0 Å². The van der Waals surface area contributed by atoms with Crippen molar-refractivity contribution < 1.29 is 28.1 Å². The number of anilines is 1. The number of carbonyl (C=O) groups is 1. The third-order valence-corrected chi connectivity index (χ3v) is 7.54. The zero-order valence-corrected chi connectivity index (χ0v) is 24.8. The van der Waals surface area contributed by atoms with Crippen LogP contribution in [0, 0.1) is 5.82 Å². The summed E-state index contributed by atoms with van der Waals surface area (Å²) in [5.74, 6) is 1.03. The van der Waals surface area contributed by atoms with Crippen molar-refractivity contribution in [3.63, 3.8) is 0 Å². The van der Waals surface area contributed by atoms with Crippen LogP contribution in [0.15, 0.2) is 42.6 Å². The summed E-state index contributed by atoms with van der Waals surface area (Å²) in [6.45, 7) is 7.04. The number of halogens is 1. The third kappa shape index (κ3) is 6.56. The number of benzene rings is 1. The van der Waals surface area contributed by atoms with Crippen LogP contribution in [0.1, 0.15) is 46.5 Å². The molecule has 0 unspecified atom stereocenters. The van der Waals surface area contributed by atoms with Crippen molar-refractivity contribution in [2.24, 2.45) is 0 Å². The lowest BCUT2D eigenvalue weighted by Gasteiger charge is -2.41. The number of methoxy groups -OCH3 is 2. The minimum Gasteiger partial charge on any atom is -0.481 e. The molecule has 0 N–H and O–H groups in total. The molecule has 224 valence electrons. The van der Waals surface area contributed by atoms with Gasteiger partial charge in [-0.15, -0.1) is 10.2 Å². The maximum absolute atomic E-state index is 15.4. The zero-order chi connectivity index (χ0) is 29.9. The average molecular weight is 580 g/mol. The molecule has 11 heteroatoms. The number of ether oxygens (including phenoxy) is 4. The maximum atomic E-state index is 15.4. The molecule has 3 aromatic rings. The quantitative estimate of drug-likeness (QED) is 0.296. The van der Waals surface area contributed by atoms with E-state index in [1.54, 1.807) is 30.5 Å². The van der Waals surface area contributed by atoms with Gasteiger partial charge in [-0.05, 0) is 82.3 Å². The number of rotatable bonds is 9. The van der Waals surface area contributed by atoms with Gasteiger partial charge in [-0.3, -0.25) is 0 Å². The predicted octanol–water partition coefficient (Wildman–Crippen LogP) is 5.70. The van der Waals surface area contributed by atoms with Crippen LogP contribution in [-0.4, -0.2) is 78.0 Å². The molecule has 1 atom stereocenters. The minimum atomic E-state index is -0.548. The van der Waals surface area contributed by atoms with Crippen molar-refractivity contribution in [1.82, 2.24) is 20.1 Å². The Morgan fingerprint density at radius 3 is 2.50 bits per heavy atom. The number of aromatic nitrogens is 3. The molecule has 1 amide bonds. The van der Waals surface area contributed by atoms with E-state index in [1.807, 2.05) is 31.7 Å². The molecular weight excluding hydrogens is 541 g/mol. The van der Waals surface area contributed by atoms with Crippen molar-refractivity contribution in [3.05, 3.63) is 48.4 Å². The Morgan fingerprint density at radius 1 is 1.05 bits per heavy atom. The molecule has 2 aromatic heterocycles. The SMILES string of the molecule is COCOc1cc(-c2ccnc(OC)c2)c(F)cc1-c1ccc(N2CC[C@@H](N(C(=O)OC(C)(C)C)C3CCC3)C2)nn1. The van der Waals surface area contributed by atoms with E-state index in [2.05, 4.69) is 20.1 Å². The van der Waals surface area contributed by atoms with Crippen molar-refractivity contribution in [3.8, 4) is 34.0 Å². The van der Waals surface area contributed by atoms with E-state index in [-0.39, 0.29) is 25.0 Å². The smallest absolute Gasteiger partial charge is 0.410 e. The molecule has 1 aliphatic heterocycles. The summed E-state index contributed by atoms with van der Waals surface area (Å²) in [5, 5.41) is 8.91. The van der Waals surface area contributed by atoms with Gasteiger partial charge in [0.25, 0.3) is 0 Å². The van der Waals surface area contributed by atoms with Gasteiger partial charge in [0.05, 0.1) is 18.8 Å². The maximum Gasteiger partial charge on any atom is 0.410 e. The molecule has 10 nitrogen and oxygen atoms in total. The summed E-state index contributed by atoms with van der Waals surface area (Å²) >= 11 is 0. The Bertz CT molecular complexity index is 1390. The molecular formula is C31H38FN5O5. The fourth-order valence-corrected chi connectivity index (χ4v) is 5.30. The lowest BCUT2D eigenvalue weighted by atomic mass is 9.90. The predicted molar refractivity (Wildman–Crippen MR) is 156 cm³/mol. The van der Waals surface area contributed by atoms with Crippen LogP contribution in [0.2, 0.25) is 0 Å². The Kier molecular flexibility index (Phi) is 8.77. The number of nitrogens with zero attached hydrogens (tertiary/aromatic N) is 5. The van der Waals surface area contributed by atoms with Gasteiger partial charge in [-0.25, -0.2) is 14.2 Å². The fraction of sp³-hybridized carbons (Fsp3) is 0.484. The van der Waals surface area contributed by atoms with Crippen molar-refractivity contribution in [1.29, 1.82) is 0 Å². The Labute approximate surface area is 245 Å². The Hall–Kier alpha value is -3.99. The highest BCUT2D eigenvalue weighted by atomic mass is 19.1. The van der Waals surface area contributed by atoms with Crippen LogP contribution in [-0.2, 0) is 9.47 Å². The molecule has 5 rings (SSSR count). The first-order chi connectivity index (χ1) is 20.2. The second kappa shape index (κ2) is 12.5. The first-order valence-electron chi connectivity index (χ1n) is 14.2. The normalized spacial score (nSPS) is 17.1. The van der Waals surface area contributed by atoms with Crippen molar-refractivity contribution in [2.45, 2.75) is 64.1 Å². The molecule has 1 aromatic carbocycles. The molecule has 2 aliphatic rings. The van der Waals surface area contributed by atoms with Gasteiger partial charge in [0, 0.05) is 49.6 Å². The van der Waals surface area contributed by atoms with Crippen LogP contribution in [0.4, 0.5) is 15.0 Å². The van der Waals surface area contributed by atoms with Crippen LogP contribution < -0.4 is 14.4 Å². The molecule has 1 saturated heterocycles. The minimum absolute atomic E-state index is 0.0203. The van der Waals surface area contributed by atoms with Gasteiger partial charge in [0.1, 0.15) is 17.2 Å². The van der Waals surface area contributed by atoms with Gasteiger partial charge >= 0.3 is 6.09 Å². The van der Waals surface area contributed by atoms with Gasteiger partial charge in [0.2, 0.25) is 5.88 Å². The van der Waals surface area contributed by atoms with Crippen molar-refractivity contribution >= 4 is 11.9 Å². The van der Waals surface area contributed by atoms with Crippen LogP contribution in [0.3, 0.4) is 0 Å². The fourth-order valence-electron chi connectivity index (χ4n) is 5.30. The van der Waals surface area contributed by atoms with Gasteiger partial charge in [-0.1, -0.05) is 0 Å². The van der Waals surface area contributed by atoms with Gasteiger partial charge in [0.15, 0.2) is 12.6 Å². The van der Waals surface area contributed by atoms with Gasteiger partial charge in [-0.2, -0.15) is 0 Å². The highest BCUT2D eigenvalue weighted by Crippen LogP contribution is 2.37. The average Bonchev–Trinajstić information content (AvgIpc) is 3.43. The molecule has 0 bridgehead atoms. The first kappa shape index (κ1) is 29.5. The highest BCUT2D eigenvalue weighted by molar-refractivity contribution is 5.75. The summed E-state index contributed by atoms with van der Waals surface area (Å²) in [7, 11) is 3.03. The molecule has 1 saturated carbocycles. The second-order valence-electron chi connectivity index (χ2n) is 11.6. The summed E-state index contributed by atoms with van der Waals surface area (Å²) in [5.41, 5.74) is 1.30. The zero-order valence-electron chi connectivity index (χ0n) is 24.8. The van der Waals surface area contributed by atoms with E-state index in [4.69, 9.17) is 18.9 Å². The van der Waals surface area contributed by atoms with Gasteiger partial charge < -0.3 is 28.7 Å². The Balaban J connectivity index is 1.36. The topological polar surface area (TPSA) is 99.1 Å². The van der Waals surface area contributed by atoms with E-state index < -0.39 is 11.4 Å². The summed E-state index contributed by atoms with van der Waals surface area (Å²) in [4.78, 5) is 21.3. The number of amides is 1. The van der Waals surface area contributed by atoms with Crippen LogP contribution >= 0.6 is 0 Å². The van der Waals surface area contributed by atoms with E-state index >= 15 is 4.39 Å². The molecule has 2 fully saturated rings. The number of pyridine rings is 1. The lowest BCUT2D eigenvalue weighted by Crippen LogP contribution is -2.52. The standard InChI is InChI=1S/C31H38FN5O5/c1-31(2,3)42-30(38)37(21-7-6-8-21)22-12-14-36(18-22)28-10-9-26(34-35-28)24-16-25(32)23(17-27(24)41-19-39-4)20-11-13-33-29(15-20)40-5/h9-11,13,15-17,21-22H,6-8,12,14,18-19H2,1-5H3/t22-/m1/s1. The first-order valence-corrected chi connectivity index (χ1v) is 14.2. The molecule has 0 spiro atoms. The van der Waals surface area contributed by atoms with E-state index in [0.717, 1.165) is 32.2 Å². The molecule has 42 heavy (non-hydrogen) atoms. The molecule has 0 radical (unpaired) electrons. The number of hydrogen-bond acceptors (Lipinski definition) is 9. The van der Waals surface area contributed by atoms with Crippen LogP contribution in [0.25, 0.3) is 22.4 Å². The monoisotopic (exact) mass is 579 g/mol. The largest absolute Gasteiger partial charge is 0.481 e. The molecule has 1 aliphatic carbocycles. The molecule has 3 heterocycles. The summed E-state index contributed by atoms with van der Waals surface area (Å²) < 4.78 is 37.3. The summed E-state index contributed by atoms with van der Waals surface area (Å²) in [6, 6.07) is 10.3. The van der Waals surface area contributed by atoms with Crippen LogP contribution in [0.5, 0.6) is 11.6 Å². The third-order valence-electron chi connectivity index (χ3n) is 7.54. The summed E-state index contributed by atoms with van der Waals surface area (Å²) in [6.07, 6.45) is 5.26. The highest BCUT2D eigenvalue weighted by Gasteiger charge is 2.40. The Morgan fingerprint density at radius 2 is 1.86 bits per heavy atom. The van der Waals surface area contributed by atoms with E-state index in [1.165, 1.54) is 20.3 Å². The van der Waals surface area contributed by atoms with E-state index in [9.17, 15) is 4.79 Å². The number of carbonyl (C=O) groups excluding carboxylic acids is 1. The number of hydrogen-bond donors (Lipinski definition) is 0.